The average Bonchev–Trinajstić information content (AvgIpc) is 2.73. The molecule has 0 amide bonds. The van der Waals surface area contributed by atoms with Crippen molar-refractivity contribution in [1.29, 1.82) is 0 Å². The van der Waals surface area contributed by atoms with Gasteiger partial charge in [-0.15, -0.1) is 13.2 Å². The van der Waals surface area contributed by atoms with E-state index in [2.05, 4.69) is 0 Å². The maximum Gasteiger partial charge on any atom is 0.600 e. The molecule has 0 aliphatic heterocycles. The predicted molar refractivity (Wildman–Crippen MR) is 82.0 cm³/mol. The molecule has 11 heteroatoms. The lowest BCUT2D eigenvalue weighted by atomic mass is 10.1. The number of fused-ring (bicyclic) bond motifs is 1. The molecule has 142 valence electrons. The van der Waals surface area contributed by atoms with E-state index in [0.717, 1.165) is 5.39 Å². The minimum atomic E-state index is -6.09. The summed E-state index contributed by atoms with van der Waals surface area (Å²) in [6, 6.07) is 8.53. The van der Waals surface area contributed by atoms with Crippen LogP contribution in [0.25, 0.3) is 10.1 Å². The van der Waals surface area contributed by atoms with Gasteiger partial charge in [0.2, 0.25) is 0 Å². The van der Waals surface area contributed by atoms with E-state index in [9.17, 15) is 26.3 Å². The molecule has 0 aliphatic rings. The Labute approximate surface area is 143 Å². The van der Waals surface area contributed by atoms with E-state index < -0.39 is 31.6 Å². The predicted octanol–water partition coefficient (Wildman–Crippen LogP) is 5.32. The fourth-order valence-corrected chi connectivity index (χ4v) is 4.13. The summed E-state index contributed by atoms with van der Waals surface area (Å²) in [7, 11) is -7.81. The molecule has 1 atom stereocenters. The van der Waals surface area contributed by atoms with E-state index in [4.69, 9.17) is 13.0 Å². The molecule has 2 rings (SSSR count). The van der Waals surface area contributed by atoms with Gasteiger partial charge in [0.1, 0.15) is 0 Å². The number of halogens is 6. The highest BCUT2D eigenvalue weighted by atomic mass is 32.2. The Morgan fingerprint density at radius 2 is 1.56 bits per heavy atom. The van der Waals surface area contributed by atoms with Crippen LogP contribution in [0.1, 0.15) is 18.7 Å². The van der Waals surface area contributed by atoms with Gasteiger partial charge in [-0.25, -0.2) is 8.42 Å². The molecule has 1 heterocycles. The smallest absolute Gasteiger partial charge is 0.600 e. The zero-order valence-corrected chi connectivity index (χ0v) is 14.6. The van der Waals surface area contributed by atoms with Crippen molar-refractivity contribution in [3.8, 4) is 0 Å². The van der Waals surface area contributed by atoms with E-state index in [1.54, 1.807) is 30.3 Å². The maximum atomic E-state index is 13.1. The third-order valence-corrected chi connectivity index (χ3v) is 5.49. The van der Waals surface area contributed by atoms with Gasteiger partial charge >= 0.3 is 11.0 Å². The monoisotopic (exact) mass is 408 g/mol. The molecule has 0 bridgehead atoms. The quantitative estimate of drug-likeness (QED) is 0.293. The normalized spacial score (nSPS) is 13.8. The molecule has 3 nitrogen and oxygen atoms in total. The summed E-state index contributed by atoms with van der Waals surface area (Å²) in [5.74, 6) is 0.243. The van der Waals surface area contributed by atoms with Crippen LogP contribution in [-0.2, 0) is 22.0 Å². The average molecular weight is 408 g/mol. The van der Waals surface area contributed by atoms with E-state index >= 15 is 0 Å². The second-order valence-electron chi connectivity index (χ2n) is 5.40. The highest BCUT2D eigenvalue weighted by Crippen LogP contribution is 2.51. The zero-order chi connectivity index (χ0) is 19.6. The molecule has 1 aromatic heterocycles. The molecule has 0 aliphatic carbocycles. The molecule has 0 saturated carbocycles. The number of hydrogen-bond acceptors (Lipinski definition) is 3. The van der Waals surface area contributed by atoms with Gasteiger partial charge in [0.05, 0.1) is 10.5 Å². The Hall–Kier alpha value is -1.33. The van der Waals surface area contributed by atoms with E-state index in [-0.39, 0.29) is 5.92 Å². The van der Waals surface area contributed by atoms with Gasteiger partial charge < -0.3 is 4.55 Å². The fraction of sp³-hybridized carbons (Fsp3) is 0.429. The van der Waals surface area contributed by atoms with Gasteiger partial charge in [-0.3, -0.25) is 0 Å². The minimum Gasteiger partial charge on any atom is -0.741 e. The summed E-state index contributed by atoms with van der Waals surface area (Å²) in [6.07, 6.45) is 0.511. The lowest BCUT2D eigenvalue weighted by molar-refractivity contribution is -0.0867. The third kappa shape index (κ3) is 5.86. The molecule has 2 aromatic rings. The summed E-state index contributed by atoms with van der Waals surface area (Å²) in [6.45, 7) is 3.89. The zero-order valence-electron chi connectivity index (χ0n) is 13.0. The number of thiophene rings is 1. The molecule has 1 aromatic carbocycles. The van der Waals surface area contributed by atoms with Gasteiger partial charge in [-0.05, 0) is 18.1 Å². The number of alkyl halides is 6. The Kier molecular flexibility index (Phi) is 6.52. The van der Waals surface area contributed by atoms with Crippen LogP contribution in [0.15, 0.2) is 30.3 Å². The highest BCUT2D eigenvalue weighted by molar-refractivity contribution is 7.86. The van der Waals surface area contributed by atoms with Gasteiger partial charge in [-0.2, -0.15) is 13.2 Å². The molecule has 0 radical (unpaired) electrons. The van der Waals surface area contributed by atoms with Crippen LogP contribution in [-0.4, -0.2) is 18.5 Å². The van der Waals surface area contributed by atoms with E-state index in [1.165, 1.54) is 0 Å². The van der Waals surface area contributed by atoms with Crippen LogP contribution in [0.4, 0.5) is 26.3 Å². The Balaban J connectivity index is 0.000000333. The molecule has 1 unspecified atom stereocenters. The van der Waals surface area contributed by atoms with Crippen LogP contribution >= 0.6 is 10.5 Å². The van der Waals surface area contributed by atoms with Crippen molar-refractivity contribution in [2.24, 2.45) is 5.92 Å². The standard InChI is InChI=1S/C13H14F3S.CHF3O3S/c1-9(2)7-11-8-10-5-3-4-6-12(10)17(11)13(14,15)16;2-1(3,4)8(5,6)7/h3-6,8-9H,7H2,1-2H3;(H,5,6,7)/q+1;/p-1. The Morgan fingerprint density at radius 3 is 1.96 bits per heavy atom. The van der Waals surface area contributed by atoms with Crippen molar-refractivity contribution >= 4 is 30.7 Å². The van der Waals surface area contributed by atoms with Gasteiger partial charge in [0.15, 0.2) is 19.7 Å². The number of rotatable bonds is 2. The lowest BCUT2D eigenvalue weighted by Crippen LogP contribution is -2.21. The highest BCUT2D eigenvalue weighted by Gasteiger charge is 2.47. The molecule has 25 heavy (non-hydrogen) atoms. The number of benzene rings is 1. The summed E-state index contributed by atoms with van der Waals surface area (Å²) < 4.78 is 98.7. The molecule has 0 saturated heterocycles. The largest absolute Gasteiger partial charge is 0.741 e. The maximum absolute atomic E-state index is 13.1. The van der Waals surface area contributed by atoms with Crippen LogP contribution in [0.5, 0.6) is 0 Å². The van der Waals surface area contributed by atoms with Crippen LogP contribution < -0.4 is 0 Å². The summed E-state index contributed by atoms with van der Waals surface area (Å²) >= 11 is 0. The molecule has 0 N–H and O–H groups in total. The minimum absolute atomic E-state index is 0.243. The number of hydrogen-bond donors (Lipinski definition) is 0. The van der Waals surface area contributed by atoms with Crippen molar-refractivity contribution < 1.29 is 39.3 Å². The van der Waals surface area contributed by atoms with Crippen molar-refractivity contribution in [2.75, 3.05) is 0 Å². The summed E-state index contributed by atoms with van der Waals surface area (Å²) in [5, 5.41) is 0.726. The van der Waals surface area contributed by atoms with Gasteiger partial charge in [0, 0.05) is 17.9 Å². The van der Waals surface area contributed by atoms with E-state index in [1.807, 2.05) is 13.8 Å². The van der Waals surface area contributed by atoms with Crippen LogP contribution in [0, 0.1) is 5.92 Å². The molecular formula is C14H14F6O3S2. The van der Waals surface area contributed by atoms with Crippen molar-refractivity contribution in [3.05, 3.63) is 35.2 Å². The second kappa shape index (κ2) is 7.50. The first-order valence-electron chi connectivity index (χ1n) is 6.77. The first kappa shape index (κ1) is 21.7. The SMILES string of the molecule is CC(C)Cc1cc2ccccc2[s+]1C(F)(F)F.O=S(=O)([O-])C(F)(F)F. The van der Waals surface area contributed by atoms with Gasteiger partial charge in [0.25, 0.3) is 0 Å². The van der Waals surface area contributed by atoms with E-state index in [0.29, 0.717) is 16.0 Å². The van der Waals surface area contributed by atoms with Crippen LogP contribution in [0.2, 0.25) is 0 Å². The third-order valence-electron chi connectivity index (χ3n) is 2.84. The van der Waals surface area contributed by atoms with Crippen molar-refractivity contribution in [2.45, 2.75) is 31.3 Å². The molecule has 0 spiro atoms. The van der Waals surface area contributed by atoms with Gasteiger partial charge in [-0.1, -0.05) is 26.0 Å². The first-order chi connectivity index (χ1) is 11.1. The van der Waals surface area contributed by atoms with Crippen LogP contribution in [0.3, 0.4) is 0 Å². The summed E-state index contributed by atoms with van der Waals surface area (Å²) in [5.41, 5.74) is -9.81. The summed E-state index contributed by atoms with van der Waals surface area (Å²) in [4.78, 5) is 0.522. The topological polar surface area (TPSA) is 57.2 Å². The second-order valence-corrected chi connectivity index (χ2v) is 8.81. The van der Waals surface area contributed by atoms with Crippen molar-refractivity contribution in [1.82, 2.24) is 0 Å². The van der Waals surface area contributed by atoms with Crippen molar-refractivity contribution in [3.63, 3.8) is 0 Å². The fourth-order valence-electron chi connectivity index (χ4n) is 1.98. The Bertz CT molecular complexity index is 819. The molecule has 0 fully saturated rings. The lowest BCUT2D eigenvalue weighted by Gasteiger charge is -2.08. The molecular weight excluding hydrogens is 394 g/mol. The Morgan fingerprint density at radius 1 is 1.08 bits per heavy atom. The first-order valence-corrected chi connectivity index (χ1v) is 9.40.